The van der Waals surface area contributed by atoms with Crippen LogP contribution >= 0.6 is 0 Å². The first-order valence-corrected chi connectivity index (χ1v) is 8.81. The maximum atomic E-state index is 12.6. The predicted octanol–water partition coefficient (Wildman–Crippen LogP) is 2.18. The minimum absolute atomic E-state index is 0.0323. The van der Waals surface area contributed by atoms with Crippen molar-refractivity contribution in [3.63, 3.8) is 0 Å². The van der Waals surface area contributed by atoms with Gasteiger partial charge in [0.05, 0.1) is 6.61 Å². The summed E-state index contributed by atoms with van der Waals surface area (Å²) in [6.07, 6.45) is 9.05. The molecule has 120 valence electrons. The topological polar surface area (TPSA) is 41.6 Å². The van der Waals surface area contributed by atoms with Gasteiger partial charge in [-0.15, -0.1) is 0 Å². The molecule has 1 heterocycles. The molecule has 2 saturated carbocycles. The average molecular weight is 294 g/mol. The van der Waals surface area contributed by atoms with Crippen LogP contribution in [0.4, 0.5) is 0 Å². The van der Waals surface area contributed by atoms with Crippen LogP contribution in [-0.4, -0.2) is 49.2 Å². The SMILES string of the molecule is CCOC(=O)C(CN1CCCC2CCCC21)(NC)C1CC1. The van der Waals surface area contributed by atoms with E-state index in [2.05, 4.69) is 10.2 Å². The molecule has 0 radical (unpaired) electrons. The van der Waals surface area contributed by atoms with Crippen LogP contribution in [0.3, 0.4) is 0 Å². The van der Waals surface area contributed by atoms with Crippen LogP contribution in [0.5, 0.6) is 0 Å². The number of hydrogen-bond acceptors (Lipinski definition) is 4. The number of esters is 1. The van der Waals surface area contributed by atoms with E-state index in [1.807, 2.05) is 14.0 Å². The molecule has 0 bridgehead atoms. The Morgan fingerprint density at radius 1 is 1.24 bits per heavy atom. The van der Waals surface area contributed by atoms with E-state index in [0.717, 1.165) is 31.8 Å². The van der Waals surface area contributed by atoms with Gasteiger partial charge in [0.1, 0.15) is 5.54 Å². The highest BCUT2D eigenvalue weighted by atomic mass is 16.5. The number of hydrogen-bond donors (Lipinski definition) is 1. The molecular formula is C17H30N2O2. The van der Waals surface area contributed by atoms with Crippen molar-refractivity contribution in [3.05, 3.63) is 0 Å². The Bertz CT molecular complexity index is 383. The fourth-order valence-electron chi connectivity index (χ4n) is 4.66. The van der Waals surface area contributed by atoms with Gasteiger partial charge in [0, 0.05) is 12.6 Å². The second-order valence-electron chi connectivity index (χ2n) is 7.09. The normalized spacial score (nSPS) is 32.5. The summed E-state index contributed by atoms with van der Waals surface area (Å²) in [7, 11) is 1.94. The van der Waals surface area contributed by atoms with Crippen molar-refractivity contribution in [1.82, 2.24) is 10.2 Å². The van der Waals surface area contributed by atoms with Crippen LogP contribution in [0.25, 0.3) is 0 Å². The van der Waals surface area contributed by atoms with E-state index in [0.29, 0.717) is 18.6 Å². The van der Waals surface area contributed by atoms with Crippen LogP contribution in [0.15, 0.2) is 0 Å². The van der Waals surface area contributed by atoms with E-state index in [1.54, 1.807) is 0 Å². The molecule has 4 nitrogen and oxygen atoms in total. The van der Waals surface area contributed by atoms with Crippen LogP contribution < -0.4 is 5.32 Å². The fourth-order valence-corrected chi connectivity index (χ4v) is 4.66. The number of carbonyl (C=O) groups is 1. The molecule has 0 aromatic heterocycles. The van der Waals surface area contributed by atoms with Gasteiger partial charge in [-0.25, -0.2) is 4.79 Å². The number of nitrogens with one attached hydrogen (secondary N) is 1. The van der Waals surface area contributed by atoms with Crippen LogP contribution in [0, 0.1) is 11.8 Å². The van der Waals surface area contributed by atoms with Gasteiger partial charge in [-0.3, -0.25) is 4.90 Å². The second kappa shape index (κ2) is 6.25. The van der Waals surface area contributed by atoms with E-state index in [1.165, 1.54) is 32.1 Å². The lowest BCUT2D eigenvalue weighted by atomic mass is 9.87. The number of ether oxygens (including phenoxy) is 1. The molecule has 2 aliphatic carbocycles. The zero-order valence-electron chi connectivity index (χ0n) is 13.6. The third-order valence-electron chi connectivity index (χ3n) is 5.92. The molecule has 0 spiro atoms. The molecule has 0 aromatic rings. The van der Waals surface area contributed by atoms with Gasteiger partial charge < -0.3 is 10.1 Å². The third-order valence-corrected chi connectivity index (χ3v) is 5.92. The monoisotopic (exact) mass is 294 g/mol. The minimum Gasteiger partial charge on any atom is -0.465 e. The molecule has 4 heteroatoms. The summed E-state index contributed by atoms with van der Waals surface area (Å²) in [6, 6.07) is 0.708. The molecule has 1 saturated heterocycles. The molecule has 1 aliphatic heterocycles. The van der Waals surface area contributed by atoms with Crippen LogP contribution in [0.1, 0.15) is 51.9 Å². The van der Waals surface area contributed by atoms with Gasteiger partial charge >= 0.3 is 5.97 Å². The van der Waals surface area contributed by atoms with E-state index in [-0.39, 0.29) is 5.97 Å². The molecule has 3 rings (SSSR count). The summed E-state index contributed by atoms with van der Waals surface area (Å²) in [4.78, 5) is 15.2. The van der Waals surface area contributed by atoms with Gasteiger partial charge in [0.15, 0.2) is 0 Å². The van der Waals surface area contributed by atoms with Crippen molar-refractivity contribution in [2.75, 3.05) is 26.7 Å². The van der Waals surface area contributed by atoms with Crippen molar-refractivity contribution in [1.29, 1.82) is 0 Å². The van der Waals surface area contributed by atoms with Gasteiger partial charge in [0.25, 0.3) is 0 Å². The zero-order chi connectivity index (χ0) is 14.9. The van der Waals surface area contributed by atoms with Crippen molar-refractivity contribution >= 4 is 5.97 Å². The van der Waals surface area contributed by atoms with E-state index in [9.17, 15) is 4.79 Å². The molecule has 21 heavy (non-hydrogen) atoms. The molecular weight excluding hydrogens is 264 g/mol. The molecule has 0 amide bonds. The number of likely N-dealkylation sites (N-methyl/N-ethyl adjacent to an activating group) is 1. The number of fused-ring (bicyclic) bond motifs is 1. The van der Waals surface area contributed by atoms with Crippen molar-refractivity contribution in [3.8, 4) is 0 Å². The maximum absolute atomic E-state index is 12.6. The summed E-state index contributed by atoms with van der Waals surface area (Å²) < 4.78 is 5.42. The number of piperidine rings is 1. The molecule has 3 fully saturated rings. The number of nitrogens with zero attached hydrogens (tertiary/aromatic N) is 1. The molecule has 1 N–H and O–H groups in total. The quantitative estimate of drug-likeness (QED) is 0.763. The zero-order valence-corrected chi connectivity index (χ0v) is 13.6. The first kappa shape index (κ1) is 15.3. The lowest BCUT2D eigenvalue weighted by molar-refractivity contribution is -0.153. The summed E-state index contributed by atoms with van der Waals surface area (Å²) in [5.74, 6) is 1.30. The van der Waals surface area contributed by atoms with E-state index < -0.39 is 5.54 Å². The lowest BCUT2D eigenvalue weighted by Crippen LogP contribution is -2.62. The highest BCUT2D eigenvalue weighted by Gasteiger charge is 2.53. The Morgan fingerprint density at radius 3 is 2.67 bits per heavy atom. The highest BCUT2D eigenvalue weighted by Crippen LogP contribution is 2.43. The maximum Gasteiger partial charge on any atom is 0.327 e. The Hall–Kier alpha value is -0.610. The largest absolute Gasteiger partial charge is 0.465 e. The van der Waals surface area contributed by atoms with Crippen LogP contribution in [0.2, 0.25) is 0 Å². The molecule has 3 unspecified atom stereocenters. The summed E-state index contributed by atoms with van der Waals surface area (Å²) in [5.41, 5.74) is -0.472. The lowest BCUT2D eigenvalue weighted by Gasteiger charge is -2.43. The minimum atomic E-state index is -0.472. The summed E-state index contributed by atoms with van der Waals surface area (Å²) in [5, 5.41) is 3.37. The highest BCUT2D eigenvalue weighted by molar-refractivity contribution is 5.82. The standard InChI is InChI=1S/C17H30N2O2/c1-3-21-16(20)17(18-2,14-9-10-14)12-19-11-5-7-13-6-4-8-15(13)19/h13-15,18H,3-12H2,1-2H3. The Kier molecular flexibility index (Phi) is 4.55. The second-order valence-corrected chi connectivity index (χ2v) is 7.09. The van der Waals surface area contributed by atoms with Crippen molar-refractivity contribution in [2.45, 2.75) is 63.5 Å². The first-order valence-electron chi connectivity index (χ1n) is 8.81. The molecule has 3 aliphatic rings. The van der Waals surface area contributed by atoms with Crippen molar-refractivity contribution in [2.24, 2.45) is 11.8 Å². The van der Waals surface area contributed by atoms with Gasteiger partial charge in [-0.05, 0) is 70.9 Å². The van der Waals surface area contributed by atoms with Gasteiger partial charge in [-0.2, -0.15) is 0 Å². The third kappa shape index (κ3) is 2.85. The first-order chi connectivity index (χ1) is 10.2. The number of carbonyl (C=O) groups excluding carboxylic acids is 1. The van der Waals surface area contributed by atoms with Crippen LogP contribution in [-0.2, 0) is 9.53 Å². The fraction of sp³-hybridized carbons (Fsp3) is 0.941. The Morgan fingerprint density at radius 2 is 2.00 bits per heavy atom. The van der Waals surface area contributed by atoms with Crippen molar-refractivity contribution < 1.29 is 9.53 Å². The van der Waals surface area contributed by atoms with Gasteiger partial charge in [0.2, 0.25) is 0 Å². The number of rotatable bonds is 6. The molecule has 0 aromatic carbocycles. The van der Waals surface area contributed by atoms with Gasteiger partial charge in [-0.1, -0.05) is 6.42 Å². The number of likely N-dealkylation sites (tertiary alicyclic amines) is 1. The Labute approximate surface area is 128 Å². The summed E-state index contributed by atoms with van der Waals surface area (Å²) >= 11 is 0. The predicted molar refractivity (Wildman–Crippen MR) is 83.1 cm³/mol. The smallest absolute Gasteiger partial charge is 0.327 e. The molecule has 3 atom stereocenters. The Balaban J connectivity index is 1.75. The average Bonchev–Trinajstić information content (AvgIpc) is 3.22. The van der Waals surface area contributed by atoms with E-state index in [4.69, 9.17) is 4.74 Å². The summed E-state index contributed by atoms with van der Waals surface area (Å²) in [6.45, 7) is 4.37. The van der Waals surface area contributed by atoms with E-state index >= 15 is 0 Å².